The second-order valence-corrected chi connectivity index (χ2v) is 12.5. The Kier molecular flexibility index (Phi) is 9.91. The van der Waals surface area contributed by atoms with Crippen molar-refractivity contribution in [2.24, 2.45) is 0 Å². The summed E-state index contributed by atoms with van der Waals surface area (Å²) in [6, 6.07) is 13.5. The largest absolute Gasteiger partial charge is 0.465 e. The molecule has 0 atom stereocenters. The Morgan fingerprint density at radius 3 is 1.95 bits per heavy atom. The molecular formula is C31H32F4N2O5S. The van der Waals surface area contributed by atoms with Crippen molar-refractivity contribution in [3.05, 3.63) is 94.1 Å². The van der Waals surface area contributed by atoms with E-state index in [0.29, 0.717) is 15.9 Å². The summed E-state index contributed by atoms with van der Waals surface area (Å²) in [5.74, 6) is -8.80. The molecule has 230 valence electrons. The molecule has 1 aliphatic rings. The van der Waals surface area contributed by atoms with Crippen LogP contribution in [0.4, 0.5) is 23.2 Å². The third kappa shape index (κ3) is 6.75. The van der Waals surface area contributed by atoms with Crippen LogP contribution in [0.25, 0.3) is 0 Å². The fourth-order valence-electron chi connectivity index (χ4n) is 5.20. The summed E-state index contributed by atoms with van der Waals surface area (Å²) in [4.78, 5) is 24.9. The number of methoxy groups -OCH3 is 1. The second kappa shape index (κ2) is 13.3. The monoisotopic (exact) mass is 620 g/mol. The van der Waals surface area contributed by atoms with Gasteiger partial charge in [-0.3, -0.25) is 4.79 Å². The molecule has 0 aromatic heterocycles. The number of ether oxygens (including phenoxy) is 1. The number of rotatable bonds is 9. The number of hydrogen-bond donors (Lipinski definition) is 0. The molecule has 1 aliphatic carbocycles. The SMILES string of the molecule is COC(=O)c1ccc(N(Cc2ccc(C3CCCCC3)cc2)C(=O)CN(C)S(=O)(=O)c2c(F)c(F)c(C)c(F)c2F)cc1. The molecule has 4 rings (SSSR count). The molecule has 43 heavy (non-hydrogen) atoms. The smallest absolute Gasteiger partial charge is 0.337 e. The van der Waals surface area contributed by atoms with Gasteiger partial charge in [-0.2, -0.15) is 4.31 Å². The maximum atomic E-state index is 14.6. The number of halogens is 4. The molecule has 0 aliphatic heterocycles. The minimum Gasteiger partial charge on any atom is -0.465 e. The maximum absolute atomic E-state index is 14.6. The summed E-state index contributed by atoms with van der Waals surface area (Å²) in [6.45, 7) is -0.158. The third-order valence-electron chi connectivity index (χ3n) is 7.77. The molecule has 0 saturated heterocycles. The molecule has 0 bridgehead atoms. The van der Waals surface area contributed by atoms with Gasteiger partial charge in [0, 0.05) is 18.3 Å². The summed E-state index contributed by atoms with van der Waals surface area (Å²) in [7, 11) is -3.10. The van der Waals surface area contributed by atoms with E-state index in [1.807, 2.05) is 24.3 Å². The van der Waals surface area contributed by atoms with Crippen LogP contribution in [0.1, 0.15) is 65.1 Å². The van der Waals surface area contributed by atoms with Crippen LogP contribution in [0.2, 0.25) is 0 Å². The first kappa shape index (κ1) is 32.2. The predicted octanol–water partition coefficient (Wildman–Crippen LogP) is 6.24. The molecule has 0 N–H and O–H groups in total. The van der Waals surface area contributed by atoms with Crippen molar-refractivity contribution in [1.29, 1.82) is 0 Å². The van der Waals surface area contributed by atoms with Gasteiger partial charge in [-0.15, -0.1) is 0 Å². The van der Waals surface area contributed by atoms with E-state index in [-0.39, 0.29) is 12.1 Å². The molecule has 12 heteroatoms. The van der Waals surface area contributed by atoms with Gasteiger partial charge < -0.3 is 9.64 Å². The van der Waals surface area contributed by atoms with E-state index in [1.54, 1.807) is 0 Å². The zero-order valence-corrected chi connectivity index (χ0v) is 24.8. The molecule has 3 aromatic rings. The first-order valence-electron chi connectivity index (χ1n) is 13.7. The number of carbonyl (C=O) groups excluding carboxylic acids is 2. The highest BCUT2D eigenvalue weighted by Crippen LogP contribution is 2.33. The van der Waals surface area contributed by atoms with Gasteiger partial charge in [0.05, 0.1) is 25.8 Å². The van der Waals surface area contributed by atoms with Gasteiger partial charge in [0.25, 0.3) is 0 Å². The molecule has 0 spiro atoms. The van der Waals surface area contributed by atoms with Gasteiger partial charge in [-0.25, -0.2) is 30.8 Å². The van der Waals surface area contributed by atoms with E-state index in [1.165, 1.54) is 61.1 Å². The Hall–Kier alpha value is -3.77. The van der Waals surface area contributed by atoms with Crippen LogP contribution >= 0.6 is 0 Å². The Morgan fingerprint density at radius 2 is 1.42 bits per heavy atom. The zero-order chi connectivity index (χ0) is 31.5. The molecule has 0 radical (unpaired) electrons. The van der Waals surface area contributed by atoms with Crippen molar-refractivity contribution >= 4 is 27.6 Å². The molecule has 3 aromatic carbocycles. The first-order valence-corrected chi connectivity index (χ1v) is 15.2. The van der Waals surface area contributed by atoms with Gasteiger partial charge in [0.1, 0.15) is 0 Å². The van der Waals surface area contributed by atoms with Gasteiger partial charge in [0.15, 0.2) is 28.2 Å². The fraction of sp³-hybridized carbons (Fsp3) is 0.355. The number of nitrogens with zero attached hydrogens (tertiary/aromatic N) is 2. The summed E-state index contributed by atoms with van der Waals surface area (Å²) < 4.78 is 88.7. The topological polar surface area (TPSA) is 84.0 Å². The Balaban J connectivity index is 1.63. The second-order valence-electron chi connectivity index (χ2n) is 10.6. The van der Waals surface area contributed by atoms with E-state index in [0.717, 1.165) is 32.4 Å². The number of benzene rings is 3. The van der Waals surface area contributed by atoms with Crippen LogP contribution < -0.4 is 4.90 Å². The van der Waals surface area contributed by atoms with Crippen LogP contribution in [0.3, 0.4) is 0 Å². The lowest BCUT2D eigenvalue weighted by molar-refractivity contribution is -0.118. The summed E-state index contributed by atoms with van der Waals surface area (Å²) >= 11 is 0. The predicted molar refractivity (Wildman–Crippen MR) is 152 cm³/mol. The van der Waals surface area contributed by atoms with Crippen molar-refractivity contribution < 1.29 is 40.3 Å². The number of carbonyl (C=O) groups is 2. The van der Waals surface area contributed by atoms with Crippen molar-refractivity contribution in [3.63, 3.8) is 0 Å². The minimum absolute atomic E-state index is 0.00819. The van der Waals surface area contributed by atoms with E-state index in [2.05, 4.69) is 0 Å². The van der Waals surface area contributed by atoms with E-state index < -0.39 is 62.2 Å². The number of sulfonamides is 1. The third-order valence-corrected chi connectivity index (χ3v) is 9.59. The van der Waals surface area contributed by atoms with Crippen LogP contribution in [-0.2, 0) is 26.1 Å². The van der Waals surface area contributed by atoms with Crippen LogP contribution in [0.5, 0.6) is 0 Å². The van der Waals surface area contributed by atoms with Crippen molar-refractivity contribution in [3.8, 4) is 0 Å². The Bertz CT molecular complexity index is 1580. The highest BCUT2D eigenvalue weighted by atomic mass is 32.2. The lowest BCUT2D eigenvalue weighted by Crippen LogP contribution is -2.41. The average molecular weight is 621 g/mol. The number of esters is 1. The Morgan fingerprint density at radius 1 is 0.860 bits per heavy atom. The normalized spacial score (nSPS) is 14.1. The van der Waals surface area contributed by atoms with Crippen LogP contribution in [0.15, 0.2) is 53.4 Å². The van der Waals surface area contributed by atoms with E-state index >= 15 is 0 Å². The fourth-order valence-corrected chi connectivity index (χ4v) is 6.42. The Labute approximate surface area is 248 Å². The highest BCUT2D eigenvalue weighted by molar-refractivity contribution is 7.89. The number of amides is 1. The van der Waals surface area contributed by atoms with Crippen molar-refractivity contribution in [2.45, 2.75) is 56.4 Å². The molecule has 1 amide bonds. The van der Waals surface area contributed by atoms with E-state index in [9.17, 15) is 35.6 Å². The summed E-state index contributed by atoms with van der Waals surface area (Å²) in [5.41, 5.74) is 1.41. The first-order chi connectivity index (χ1) is 20.4. The molecule has 1 saturated carbocycles. The van der Waals surface area contributed by atoms with Gasteiger partial charge in [-0.05, 0) is 61.1 Å². The molecule has 0 unspecified atom stereocenters. The average Bonchev–Trinajstić information content (AvgIpc) is 3.02. The van der Waals surface area contributed by atoms with Crippen LogP contribution in [-0.4, -0.2) is 45.3 Å². The van der Waals surface area contributed by atoms with Crippen molar-refractivity contribution in [1.82, 2.24) is 4.31 Å². The standard InChI is InChI=1S/C31H32F4N2O5S/c1-19-26(32)28(34)30(29(35)27(19)33)43(40,41)36(2)18-25(38)37(24-15-13-23(14-16-24)31(39)42-3)17-20-9-11-22(12-10-20)21-7-5-4-6-8-21/h9-16,21H,4-8,17-18H2,1-3H3. The zero-order valence-electron chi connectivity index (χ0n) is 24.0. The quantitative estimate of drug-likeness (QED) is 0.161. The van der Waals surface area contributed by atoms with Gasteiger partial charge in [-0.1, -0.05) is 43.5 Å². The molecule has 0 heterocycles. The number of anilines is 1. The lowest BCUT2D eigenvalue weighted by atomic mass is 9.84. The number of likely N-dealkylation sites (N-methyl/N-ethyl adjacent to an activating group) is 1. The molecular weight excluding hydrogens is 588 g/mol. The van der Waals surface area contributed by atoms with Gasteiger partial charge >= 0.3 is 5.97 Å². The van der Waals surface area contributed by atoms with Crippen LogP contribution in [0, 0.1) is 30.2 Å². The summed E-state index contributed by atoms with van der Waals surface area (Å²) in [5, 5.41) is 0. The van der Waals surface area contributed by atoms with Crippen molar-refractivity contribution in [2.75, 3.05) is 25.6 Å². The van der Waals surface area contributed by atoms with E-state index in [4.69, 9.17) is 4.74 Å². The molecule has 1 fully saturated rings. The minimum atomic E-state index is -5.19. The highest BCUT2D eigenvalue weighted by Gasteiger charge is 2.36. The van der Waals surface area contributed by atoms with Gasteiger partial charge in [0.2, 0.25) is 15.9 Å². The number of hydrogen-bond acceptors (Lipinski definition) is 5. The molecule has 7 nitrogen and oxygen atoms in total. The maximum Gasteiger partial charge on any atom is 0.337 e. The lowest BCUT2D eigenvalue weighted by Gasteiger charge is -2.27. The summed E-state index contributed by atoms with van der Waals surface area (Å²) in [6.07, 6.45) is 5.77.